The third-order valence-corrected chi connectivity index (χ3v) is 2.95. The molecule has 0 spiro atoms. The predicted octanol–water partition coefficient (Wildman–Crippen LogP) is 1.64. The van der Waals surface area contributed by atoms with Gasteiger partial charge in [0.1, 0.15) is 5.56 Å². The lowest BCUT2D eigenvalue weighted by atomic mass is 10.2. The van der Waals surface area contributed by atoms with Crippen LogP contribution in [0.25, 0.3) is 0 Å². The largest absolute Gasteiger partial charge is 0.499 e. The molecule has 92 valence electrons. The van der Waals surface area contributed by atoms with Crippen molar-refractivity contribution in [2.24, 2.45) is 4.99 Å². The fourth-order valence-electron chi connectivity index (χ4n) is 1.49. The highest BCUT2D eigenvalue weighted by Crippen LogP contribution is 2.18. The van der Waals surface area contributed by atoms with Crippen molar-refractivity contribution in [2.75, 3.05) is 0 Å². The van der Waals surface area contributed by atoms with Gasteiger partial charge in [-0.3, -0.25) is 19.6 Å². The van der Waals surface area contributed by atoms with E-state index >= 15 is 0 Å². The van der Waals surface area contributed by atoms with Crippen molar-refractivity contribution in [3.63, 3.8) is 0 Å². The molecule has 0 fully saturated rings. The molecule has 0 unspecified atom stereocenters. The van der Waals surface area contributed by atoms with Crippen LogP contribution >= 0.6 is 11.3 Å². The molecule has 0 atom stereocenters. The topological polar surface area (TPSA) is 82.5 Å². The van der Waals surface area contributed by atoms with Gasteiger partial charge in [-0.2, -0.15) is 0 Å². The van der Waals surface area contributed by atoms with Crippen LogP contribution in [0.3, 0.4) is 0 Å². The van der Waals surface area contributed by atoms with Gasteiger partial charge in [0.25, 0.3) is 5.56 Å². The Morgan fingerprint density at radius 1 is 1.28 bits per heavy atom. The number of H-pyrrole nitrogens is 1. The Kier molecular flexibility index (Phi) is 3.38. The second-order valence-corrected chi connectivity index (χ2v) is 4.52. The first-order chi connectivity index (χ1) is 8.58. The maximum Gasteiger partial charge on any atom is 0.310 e. The van der Waals surface area contributed by atoms with Crippen molar-refractivity contribution in [1.82, 2.24) is 4.98 Å². The highest BCUT2D eigenvalue weighted by molar-refractivity contribution is 7.11. The molecule has 6 heteroatoms. The van der Waals surface area contributed by atoms with E-state index in [1.807, 2.05) is 18.2 Å². The van der Waals surface area contributed by atoms with E-state index in [-0.39, 0.29) is 10.6 Å². The molecule has 5 nitrogen and oxygen atoms in total. The number of hydrogen-bond donors (Lipinski definition) is 2. The van der Waals surface area contributed by atoms with Gasteiger partial charge >= 0.3 is 4.87 Å². The van der Waals surface area contributed by atoms with E-state index in [1.54, 1.807) is 19.1 Å². The zero-order valence-corrected chi connectivity index (χ0v) is 10.3. The molecule has 0 saturated heterocycles. The first-order valence-electron chi connectivity index (χ1n) is 5.15. The lowest BCUT2D eigenvalue weighted by Crippen LogP contribution is -2.22. The zero-order chi connectivity index (χ0) is 13.1. The molecule has 1 aromatic heterocycles. The van der Waals surface area contributed by atoms with E-state index < -0.39 is 10.4 Å². The van der Waals surface area contributed by atoms with E-state index in [0.29, 0.717) is 22.7 Å². The summed E-state index contributed by atoms with van der Waals surface area (Å²) in [6, 6.07) is 9.05. The monoisotopic (exact) mass is 262 g/mol. The summed E-state index contributed by atoms with van der Waals surface area (Å²) in [4.78, 5) is 28.4. The lowest BCUT2D eigenvalue weighted by Gasteiger charge is -2.01. The van der Waals surface area contributed by atoms with Crippen LogP contribution in [0.4, 0.5) is 5.69 Å². The average molecular weight is 262 g/mol. The van der Waals surface area contributed by atoms with E-state index in [9.17, 15) is 14.7 Å². The standard InChI is InChI=1S/C12H10N2O3S/c1-7(13-8-5-3-2-4-6-8)9-10(15)14-12(17)18-11(9)16/h2-6,16H,1H3,(H,14,15,17). The summed E-state index contributed by atoms with van der Waals surface area (Å²) in [7, 11) is 0. The Morgan fingerprint density at radius 3 is 2.56 bits per heavy atom. The molecule has 0 saturated carbocycles. The minimum atomic E-state index is -0.631. The van der Waals surface area contributed by atoms with E-state index in [4.69, 9.17) is 0 Å². The number of benzene rings is 1. The Morgan fingerprint density at radius 2 is 1.94 bits per heavy atom. The van der Waals surface area contributed by atoms with Gasteiger partial charge in [0.2, 0.25) is 0 Å². The molecule has 0 aliphatic carbocycles. The van der Waals surface area contributed by atoms with Crippen molar-refractivity contribution in [3.05, 3.63) is 55.9 Å². The number of aliphatic imine (C=N–C) groups is 1. The van der Waals surface area contributed by atoms with Crippen molar-refractivity contribution < 1.29 is 5.11 Å². The molecule has 0 radical (unpaired) electrons. The summed E-state index contributed by atoms with van der Waals surface area (Å²) < 4.78 is 0. The fraction of sp³-hybridized carbons (Fsp3) is 0.0833. The molecule has 0 bridgehead atoms. The first kappa shape index (κ1) is 12.3. The summed E-state index contributed by atoms with van der Waals surface area (Å²) in [5, 5.41) is 9.32. The lowest BCUT2D eigenvalue weighted by molar-refractivity contribution is 0.487. The maximum atomic E-state index is 11.6. The first-order valence-corrected chi connectivity index (χ1v) is 5.96. The number of para-hydroxylation sites is 1. The number of hydrogen-bond acceptors (Lipinski definition) is 5. The predicted molar refractivity (Wildman–Crippen MR) is 71.2 cm³/mol. The van der Waals surface area contributed by atoms with E-state index in [2.05, 4.69) is 9.98 Å². The van der Waals surface area contributed by atoms with Crippen molar-refractivity contribution in [2.45, 2.75) is 6.92 Å². The third-order valence-electron chi connectivity index (χ3n) is 2.26. The fourth-order valence-corrected chi connectivity index (χ4v) is 2.15. The van der Waals surface area contributed by atoms with Crippen molar-refractivity contribution in [3.8, 4) is 5.06 Å². The quantitative estimate of drug-likeness (QED) is 0.807. The SMILES string of the molecule is CC(=Nc1ccccc1)c1c(O)sc(=O)[nH]c1=O. The minimum Gasteiger partial charge on any atom is -0.499 e. The minimum absolute atomic E-state index is 0.0310. The van der Waals surface area contributed by atoms with Crippen LogP contribution in [0, 0.1) is 0 Å². The molecule has 0 amide bonds. The summed E-state index contributed by atoms with van der Waals surface area (Å²) >= 11 is 0.575. The molecule has 0 aliphatic rings. The molecule has 18 heavy (non-hydrogen) atoms. The van der Waals surface area contributed by atoms with Crippen LogP contribution in [-0.4, -0.2) is 15.8 Å². The average Bonchev–Trinajstić information content (AvgIpc) is 2.28. The second kappa shape index (κ2) is 4.97. The molecule has 1 aromatic carbocycles. The van der Waals surface area contributed by atoms with Gasteiger partial charge in [0, 0.05) is 0 Å². The van der Waals surface area contributed by atoms with Gasteiger partial charge in [-0.25, -0.2) is 0 Å². The smallest absolute Gasteiger partial charge is 0.310 e. The van der Waals surface area contributed by atoms with Crippen LogP contribution in [-0.2, 0) is 0 Å². The number of nitrogens with one attached hydrogen (secondary N) is 1. The van der Waals surface area contributed by atoms with Crippen LogP contribution < -0.4 is 10.4 Å². The molecular formula is C12H10N2O3S. The van der Waals surface area contributed by atoms with Crippen molar-refractivity contribution in [1.29, 1.82) is 0 Å². The number of aromatic amines is 1. The molecule has 0 aliphatic heterocycles. The van der Waals surface area contributed by atoms with Gasteiger partial charge < -0.3 is 5.11 Å². The summed E-state index contributed by atoms with van der Waals surface area (Å²) in [6.07, 6.45) is 0. The summed E-state index contributed by atoms with van der Waals surface area (Å²) in [5.41, 5.74) is 0.429. The molecule has 2 N–H and O–H groups in total. The highest BCUT2D eigenvalue weighted by atomic mass is 32.1. The van der Waals surface area contributed by atoms with Crippen molar-refractivity contribution >= 4 is 22.7 Å². The summed E-state index contributed by atoms with van der Waals surface area (Å²) in [6.45, 7) is 1.61. The summed E-state index contributed by atoms with van der Waals surface area (Å²) in [5.74, 6) is 0. The van der Waals surface area contributed by atoms with E-state index in [0.717, 1.165) is 0 Å². The normalized spacial score (nSPS) is 11.5. The Hall–Kier alpha value is -2.21. The van der Waals surface area contributed by atoms with Crippen LogP contribution in [0.1, 0.15) is 12.5 Å². The van der Waals surface area contributed by atoms with Gasteiger partial charge in [-0.1, -0.05) is 18.2 Å². The second-order valence-electron chi connectivity index (χ2n) is 3.56. The van der Waals surface area contributed by atoms with Gasteiger partial charge in [0.05, 0.1) is 11.4 Å². The number of nitrogens with zero attached hydrogens (tertiary/aromatic N) is 1. The molecular weight excluding hydrogens is 252 g/mol. The molecule has 2 rings (SSSR count). The van der Waals surface area contributed by atoms with E-state index in [1.165, 1.54) is 0 Å². The maximum absolute atomic E-state index is 11.6. The van der Waals surface area contributed by atoms with Gasteiger partial charge in [0.15, 0.2) is 5.06 Å². The zero-order valence-electron chi connectivity index (χ0n) is 9.51. The van der Waals surface area contributed by atoms with Crippen LogP contribution in [0.2, 0.25) is 0 Å². The van der Waals surface area contributed by atoms with Crippen LogP contribution in [0.15, 0.2) is 44.9 Å². The Labute approximate surface area is 106 Å². The highest BCUT2D eigenvalue weighted by Gasteiger charge is 2.12. The molecule has 1 heterocycles. The molecule has 2 aromatic rings. The van der Waals surface area contributed by atoms with Gasteiger partial charge in [-0.15, -0.1) is 0 Å². The van der Waals surface area contributed by atoms with Crippen LogP contribution in [0.5, 0.6) is 5.06 Å². The number of aromatic nitrogens is 1. The number of rotatable bonds is 2. The Bertz CT molecular complexity index is 701. The third kappa shape index (κ3) is 2.54. The number of aromatic hydroxyl groups is 1. The Balaban J connectivity index is 2.54. The van der Waals surface area contributed by atoms with Gasteiger partial charge in [-0.05, 0) is 30.4 Å².